The first-order valence-electron chi connectivity index (χ1n) is 8.42. The minimum atomic E-state index is 0.130. The molecule has 0 bridgehead atoms. The summed E-state index contributed by atoms with van der Waals surface area (Å²) in [6.45, 7) is 7.33. The highest BCUT2D eigenvalue weighted by atomic mass is 16.2. The van der Waals surface area contributed by atoms with Crippen LogP contribution >= 0.6 is 0 Å². The Morgan fingerprint density at radius 1 is 1.30 bits per heavy atom. The lowest BCUT2D eigenvalue weighted by atomic mass is 9.96. The summed E-state index contributed by atoms with van der Waals surface area (Å²) < 4.78 is 2.08. The van der Waals surface area contributed by atoms with Gasteiger partial charge in [0.15, 0.2) is 5.65 Å². The number of hydrogen-bond donors (Lipinski definition) is 1. The van der Waals surface area contributed by atoms with E-state index in [2.05, 4.69) is 38.7 Å². The van der Waals surface area contributed by atoms with Crippen molar-refractivity contribution in [1.29, 1.82) is 0 Å². The van der Waals surface area contributed by atoms with Gasteiger partial charge in [0.05, 0.1) is 6.54 Å². The predicted octanol–water partition coefficient (Wildman–Crippen LogP) is 1.68. The Hall–Kier alpha value is -1.95. The summed E-state index contributed by atoms with van der Waals surface area (Å²) in [6.07, 6.45) is 4.07. The van der Waals surface area contributed by atoms with Crippen molar-refractivity contribution in [2.75, 3.05) is 26.2 Å². The molecule has 1 N–H and O–H groups in total. The van der Waals surface area contributed by atoms with Crippen LogP contribution in [0.5, 0.6) is 0 Å². The average Bonchev–Trinajstić information content (AvgIpc) is 2.98. The predicted molar refractivity (Wildman–Crippen MR) is 89.2 cm³/mol. The molecule has 1 saturated heterocycles. The molecular weight excluding hydrogens is 290 g/mol. The zero-order chi connectivity index (χ0) is 16.2. The first-order chi connectivity index (χ1) is 11.1. The van der Waals surface area contributed by atoms with Crippen LogP contribution in [0.15, 0.2) is 24.4 Å². The van der Waals surface area contributed by atoms with Crippen molar-refractivity contribution in [2.45, 2.75) is 32.6 Å². The minimum absolute atomic E-state index is 0.130. The lowest BCUT2D eigenvalue weighted by Gasteiger charge is -2.30. The van der Waals surface area contributed by atoms with Crippen LogP contribution in [0.4, 0.5) is 0 Å². The molecule has 0 saturated carbocycles. The molecule has 0 spiro atoms. The Balaban J connectivity index is 1.53. The first-order valence-corrected chi connectivity index (χ1v) is 8.42. The van der Waals surface area contributed by atoms with Crippen molar-refractivity contribution in [3.05, 3.63) is 30.2 Å². The second-order valence-electron chi connectivity index (χ2n) is 6.74. The van der Waals surface area contributed by atoms with Gasteiger partial charge in [-0.1, -0.05) is 19.9 Å². The monoisotopic (exact) mass is 315 g/mol. The van der Waals surface area contributed by atoms with E-state index in [4.69, 9.17) is 0 Å². The fourth-order valence-electron chi connectivity index (χ4n) is 3.06. The molecule has 0 aliphatic carbocycles. The summed E-state index contributed by atoms with van der Waals surface area (Å²) in [4.78, 5) is 14.2. The van der Waals surface area contributed by atoms with Gasteiger partial charge in [0, 0.05) is 18.7 Å². The van der Waals surface area contributed by atoms with E-state index in [1.165, 1.54) is 0 Å². The number of pyridine rings is 1. The summed E-state index contributed by atoms with van der Waals surface area (Å²) >= 11 is 0. The van der Waals surface area contributed by atoms with Crippen molar-refractivity contribution < 1.29 is 4.79 Å². The molecule has 1 aliphatic heterocycles. The molecule has 23 heavy (non-hydrogen) atoms. The van der Waals surface area contributed by atoms with Crippen molar-refractivity contribution >= 4 is 11.6 Å². The third kappa shape index (κ3) is 3.88. The molecule has 3 heterocycles. The number of piperidine rings is 1. The fourth-order valence-corrected chi connectivity index (χ4v) is 3.06. The van der Waals surface area contributed by atoms with Crippen molar-refractivity contribution in [1.82, 2.24) is 24.8 Å². The quantitative estimate of drug-likeness (QED) is 0.912. The Morgan fingerprint density at radius 3 is 2.83 bits per heavy atom. The number of carbonyl (C=O) groups excluding carboxylic acids is 1. The van der Waals surface area contributed by atoms with Crippen molar-refractivity contribution in [2.24, 2.45) is 5.92 Å². The SMILES string of the molecule is CC(C)CNC(=O)CN1CCC(c2nnc3ccccn23)CC1. The molecule has 0 radical (unpaired) electrons. The zero-order valence-electron chi connectivity index (χ0n) is 13.9. The Morgan fingerprint density at radius 2 is 2.09 bits per heavy atom. The molecule has 0 atom stereocenters. The van der Waals surface area contributed by atoms with Crippen molar-refractivity contribution in [3.8, 4) is 0 Å². The molecule has 2 aromatic rings. The van der Waals surface area contributed by atoms with Crippen LogP contribution in [0, 0.1) is 5.92 Å². The fraction of sp³-hybridized carbons (Fsp3) is 0.588. The number of hydrogen-bond acceptors (Lipinski definition) is 4. The molecule has 1 amide bonds. The standard InChI is InChI=1S/C17H25N5O/c1-13(2)11-18-16(23)12-21-9-6-14(7-10-21)17-20-19-15-5-3-4-8-22(15)17/h3-5,8,13-14H,6-7,9-12H2,1-2H3,(H,18,23). The Bertz CT molecular complexity index is 658. The lowest BCUT2D eigenvalue weighted by molar-refractivity contribution is -0.122. The molecule has 1 aliphatic rings. The van der Waals surface area contributed by atoms with Crippen LogP contribution < -0.4 is 5.32 Å². The third-order valence-corrected chi connectivity index (χ3v) is 4.37. The van der Waals surface area contributed by atoms with E-state index >= 15 is 0 Å². The number of amides is 1. The summed E-state index contributed by atoms with van der Waals surface area (Å²) in [5.74, 6) is 2.09. The number of carbonyl (C=O) groups is 1. The van der Waals surface area contributed by atoms with Crippen LogP contribution in [0.1, 0.15) is 38.4 Å². The van der Waals surface area contributed by atoms with Gasteiger partial charge in [0.1, 0.15) is 5.82 Å². The summed E-state index contributed by atoms with van der Waals surface area (Å²) in [6, 6.07) is 5.96. The van der Waals surface area contributed by atoms with Crippen LogP contribution in [-0.4, -0.2) is 51.6 Å². The van der Waals surface area contributed by atoms with E-state index in [0.29, 0.717) is 18.4 Å². The second kappa shape index (κ2) is 7.08. The summed E-state index contributed by atoms with van der Waals surface area (Å²) in [5.41, 5.74) is 0.901. The average molecular weight is 315 g/mol. The molecule has 0 aromatic carbocycles. The second-order valence-corrected chi connectivity index (χ2v) is 6.74. The Kier molecular flexibility index (Phi) is 4.91. The van der Waals surface area contributed by atoms with Crippen LogP contribution in [0.25, 0.3) is 5.65 Å². The van der Waals surface area contributed by atoms with Gasteiger partial charge >= 0.3 is 0 Å². The van der Waals surface area contributed by atoms with E-state index in [0.717, 1.165) is 43.9 Å². The molecule has 124 valence electrons. The first kappa shape index (κ1) is 15.9. The van der Waals surface area contributed by atoms with E-state index in [9.17, 15) is 4.79 Å². The smallest absolute Gasteiger partial charge is 0.234 e. The number of nitrogens with zero attached hydrogens (tertiary/aromatic N) is 4. The van der Waals surface area contributed by atoms with E-state index < -0.39 is 0 Å². The lowest BCUT2D eigenvalue weighted by Crippen LogP contribution is -2.42. The Labute approximate surface area is 136 Å². The van der Waals surface area contributed by atoms with E-state index in [1.54, 1.807) is 0 Å². The third-order valence-electron chi connectivity index (χ3n) is 4.37. The molecule has 0 unspecified atom stereocenters. The van der Waals surface area contributed by atoms with Gasteiger partial charge < -0.3 is 5.32 Å². The molecule has 3 rings (SSSR count). The summed E-state index contributed by atoms with van der Waals surface area (Å²) in [7, 11) is 0. The number of fused-ring (bicyclic) bond motifs is 1. The highest BCUT2D eigenvalue weighted by Crippen LogP contribution is 2.26. The maximum absolute atomic E-state index is 11.9. The number of likely N-dealkylation sites (tertiary alicyclic amines) is 1. The van der Waals surface area contributed by atoms with Crippen molar-refractivity contribution in [3.63, 3.8) is 0 Å². The zero-order valence-corrected chi connectivity index (χ0v) is 13.9. The van der Waals surface area contributed by atoms with Gasteiger partial charge in [-0.15, -0.1) is 10.2 Å². The number of nitrogens with one attached hydrogen (secondary N) is 1. The molecule has 6 nitrogen and oxygen atoms in total. The van der Waals surface area contributed by atoms with Gasteiger partial charge in [-0.3, -0.25) is 14.1 Å². The van der Waals surface area contributed by atoms with Crippen LogP contribution in [0.3, 0.4) is 0 Å². The van der Waals surface area contributed by atoms with Gasteiger partial charge in [-0.05, 0) is 44.0 Å². The van der Waals surface area contributed by atoms with Gasteiger partial charge in [-0.2, -0.15) is 0 Å². The summed E-state index contributed by atoms with van der Waals surface area (Å²) in [5, 5.41) is 11.6. The topological polar surface area (TPSA) is 62.5 Å². The van der Waals surface area contributed by atoms with Gasteiger partial charge in [0.2, 0.25) is 5.91 Å². The minimum Gasteiger partial charge on any atom is -0.355 e. The molecule has 2 aromatic heterocycles. The van der Waals surface area contributed by atoms with Gasteiger partial charge in [0.25, 0.3) is 0 Å². The maximum Gasteiger partial charge on any atom is 0.234 e. The number of rotatable bonds is 5. The highest BCUT2D eigenvalue weighted by molar-refractivity contribution is 5.78. The van der Waals surface area contributed by atoms with Crippen LogP contribution in [0.2, 0.25) is 0 Å². The normalized spacial score (nSPS) is 17.0. The van der Waals surface area contributed by atoms with E-state index in [-0.39, 0.29) is 5.91 Å². The molecule has 1 fully saturated rings. The van der Waals surface area contributed by atoms with Crippen LogP contribution in [-0.2, 0) is 4.79 Å². The molecular formula is C17H25N5O. The maximum atomic E-state index is 11.9. The molecule has 6 heteroatoms. The number of aromatic nitrogens is 3. The highest BCUT2D eigenvalue weighted by Gasteiger charge is 2.25. The van der Waals surface area contributed by atoms with Gasteiger partial charge in [-0.25, -0.2) is 0 Å². The largest absolute Gasteiger partial charge is 0.355 e. The van der Waals surface area contributed by atoms with E-state index in [1.807, 2.05) is 24.4 Å².